The Kier molecular flexibility index (Phi) is 4.83. The monoisotopic (exact) mass is 279 g/mol. The van der Waals surface area contributed by atoms with Gasteiger partial charge in [0.15, 0.2) is 0 Å². The van der Waals surface area contributed by atoms with Gasteiger partial charge in [0, 0.05) is 19.0 Å². The quantitative estimate of drug-likeness (QED) is 0.875. The van der Waals surface area contributed by atoms with Crippen LogP contribution in [-0.4, -0.2) is 15.6 Å². The molecule has 0 fully saturated rings. The molecule has 0 amide bonds. The number of nitrogens with zero attached hydrogens (tertiary/aromatic N) is 2. The average molecular weight is 280 g/mol. The minimum Gasteiger partial charge on any atom is -0.328 e. The highest BCUT2D eigenvalue weighted by Crippen LogP contribution is 2.25. The summed E-state index contributed by atoms with van der Waals surface area (Å²) in [5, 5.41) is 0.789. The third kappa shape index (κ3) is 3.28. The molecule has 0 radical (unpaired) electrons. The predicted octanol–water partition coefficient (Wildman–Crippen LogP) is 3.77. The van der Waals surface area contributed by atoms with Crippen molar-refractivity contribution in [3.63, 3.8) is 0 Å². The van der Waals surface area contributed by atoms with Crippen molar-refractivity contribution in [1.82, 2.24) is 9.55 Å². The molecule has 1 heterocycles. The standard InChI is InChI=1S/C15H22ClN3/c1-3-10-19-14(9-4-6-11(2)17)18-13-8-5-7-12(16)15(13)19/h5,7-8,11H,3-4,6,9-10,17H2,1-2H3. The molecular formula is C15H22ClN3. The molecule has 0 aliphatic carbocycles. The molecule has 3 nitrogen and oxygen atoms in total. The van der Waals surface area contributed by atoms with Gasteiger partial charge in [-0.3, -0.25) is 0 Å². The summed E-state index contributed by atoms with van der Waals surface area (Å²) in [5.41, 5.74) is 7.87. The van der Waals surface area contributed by atoms with E-state index in [1.54, 1.807) is 0 Å². The van der Waals surface area contributed by atoms with Gasteiger partial charge in [0.1, 0.15) is 5.82 Å². The van der Waals surface area contributed by atoms with Crippen molar-refractivity contribution < 1.29 is 0 Å². The zero-order chi connectivity index (χ0) is 13.8. The van der Waals surface area contributed by atoms with Gasteiger partial charge in [0.2, 0.25) is 0 Å². The van der Waals surface area contributed by atoms with Crippen LogP contribution in [0.2, 0.25) is 5.02 Å². The largest absolute Gasteiger partial charge is 0.328 e. The number of hydrogen-bond donors (Lipinski definition) is 1. The van der Waals surface area contributed by atoms with Gasteiger partial charge in [0.05, 0.1) is 16.1 Å². The molecule has 0 aliphatic rings. The second kappa shape index (κ2) is 6.40. The molecule has 1 atom stereocenters. The second-order valence-corrected chi connectivity index (χ2v) is 5.56. The molecule has 0 spiro atoms. The number of benzene rings is 1. The van der Waals surface area contributed by atoms with Crippen LogP contribution in [0.4, 0.5) is 0 Å². The van der Waals surface area contributed by atoms with E-state index in [9.17, 15) is 0 Å². The van der Waals surface area contributed by atoms with Gasteiger partial charge in [-0.25, -0.2) is 4.98 Å². The molecular weight excluding hydrogens is 258 g/mol. The van der Waals surface area contributed by atoms with Crippen LogP contribution in [0.1, 0.15) is 38.9 Å². The maximum atomic E-state index is 6.31. The topological polar surface area (TPSA) is 43.8 Å². The molecule has 1 unspecified atom stereocenters. The van der Waals surface area contributed by atoms with E-state index in [0.29, 0.717) is 0 Å². The average Bonchev–Trinajstić information content (AvgIpc) is 2.69. The Bertz CT molecular complexity index is 546. The Balaban J connectivity index is 2.31. The van der Waals surface area contributed by atoms with Crippen LogP contribution >= 0.6 is 11.6 Å². The molecule has 2 aromatic rings. The van der Waals surface area contributed by atoms with Crippen LogP contribution in [0.25, 0.3) is 11.0 Å². The lowest BCUT2D eigenvalue weighted by Crippen LogP contribution is -2.15. The summed E-state index contributed by atoms with van der Waals surface area (Å²) in [6, 6.07) is 6.18. The third-order valence-corrected chi connectivity index (χ3v) is 3.61. The van der Waals surface area contributed by atoms with Crippen LogP contribution in [0.3, 0.4) is 0 Å². The molecule has 0 saturated carbocycles. The number of rotatable bonds is 6. The minimum atomic E-state index is 0.257. The highest BCUT2D eigenvalue weighted by Gasteiger charge is 2.12. The van der Waals surface area contributed by atoms with Crippen molar-refractivity contribution >= 4 is 22.6 Å². The summed E-state index contributed by atoms with van der Waals surface area (Å²) in [6.45, 7) is 5.19. The first-order valence-electron chi connectivity index (χ1n) is 7.02. The van der Waals surface area contributed by atoms with Gasteiger partial charge >= 0.3 is 0 Å². The molecule has 0 aliphatic heterocycles. The van der Waals surface area contributed by atoms with Crippen molar-refractivity contribution in [3.8, 4) is 0 Å². The summed E-state index contributed by atoms with van der Waals surface area (Å²) >= 11 is 6.31. The Morgan fingerprint density at radius 2 is 2.21 bits per heavy atom. The van der Waals surface area contributed by atoms with Gasteiger partial charge < -0.3 is 10.3 Å². The highest BCUT2D eigenvalue weighted by atomic mass is 35.5. The molecule has 2 N–H and O–H groups in total. The number of fused-ring (bicyclic) bond motifs is 1. The van der Waals surface area contributed by atoms with Crippen molar-refractivity contribution in [2.24, 2.45) is 5.73 Å². The first-order valence-corrected chi connectivity index (χ1v) is 7.40. The molecule has 1 aromatic carbocycles. The van der Waals surface area contributed by atoms with Gasteiger partial charge in [-0.15, -0.1) is 0 Å². The highest BCUT2D eigenvalue weighted by molar-refractivity contribution is 6.35. The van der Waals surface area contributed by atoms with Crippen LogP contribution in [-0.2, 0) is 13.0 Å². The number of aryl methyl sites for hydroxylation is 2. The number of hydrogen-bond acceptors (Lipinski definition) is 2. The Hall–Kier alpha value is -1.06. The zero-order valence-corrected chi connectivity index (χ0v) is 12.5. The van der Waals surface area contributed by atoms with E-state index in [1.165, 1.54) is 0 Å². The second-order valence-electron chi connectivity index (χ2n) is 5.16. The summed E-state index contributed by atoms with van der Waals surface area (Å²) in [5.74, 6) is 1.13. The number of halogens is 1. The van der Waals surface area contributed by atoms with Crippen molar-refractivity contribution in [2.75, 3.05) is 0 Å². The van der Waals surface area contributed by atoms with Crippen molar-refractivity contribution in [3.05, 3.63) is 29.0 Å². The maximum absolute atomic E-state index is 6.31. The summed E-state index contributed by atoms with van der Waals surface area (Å²) in [4.78, 5) is 4.73. The smallest absolute Gasteiger partial charge is 0.109 e. The van der Waals surface area contributed by atoms with Crippen molar-refractivity contribution in [2.45, 2.75) is 52.1 Å². The fraction of sp³-hybridized carbons (Fsp3) is 0.533. The molecule has 19 heavy (non-hydrogen) atoms. The van der Waals surface area contributed by atoms with E-state index in [2.05, 4.69) is 11.5 Å². The molecule has 1 aromatic heterocycles. The molecule has 0 saturated heterocycles. The zero-order valence-electron chi connectivity index (χ0n) is 11.7. The van der Waals surface area contributed by atoms with Crippen molar-refractivity contribution in [1.29, 1.82) is 0 Å². The van der Waals surface area contributed by atoms with E-state index in [4.69, 9.17) is 22.3 Å². The summed E-state index contributed by atoms with van der Waals surface area (Å²) < 4.78 is 2.26. The Morgan fingerprint density at radius 1 is 1.42 bits per heavy atom. The summed E-state index contributed by atoms with van der Waals surface area (Å²) in [7, 11) is 0. The van der Waals surface area contributed by atoms with E-state index in [-0.39, 0.29) is 6.04 Å². The number of aromatic nitrogens is 2. The van der Waals surface area contributed by atoms with E-state index < -0.39 is 0 Å². The predicted molar refractivity (Wildman–Crippen MR) is 81.6 cm³/mol. The lowest BCUT2D eigenvalue weighted by atomic mass is 10.1. The first-order chi connectivity index (χ1) is 9.13. The summed E-state index contributed by atoms with van der Waals surface area (Å²) in [6.07, 6.45) is 4.15. The lowest BCUT2D eigenvalue weighted by Gasteiger charge is -2.09. The van der Waals surface area contributed by atoms with E-state index in [0.717, 1.165) is 54.1 Å². The van der Waals surface area contributed by atoms with Crippen LogP contribution in [0.15, 0.2) is 18.2 Å². The van der Waals surface area contributed by atoms with E-state index in [1.807, 2.05) is 25.1 Å². The Morgan fingerprint density at radius 3 is 2.89 bits per heavy atom. The third-order valence-electron chi connectivity index (χ3n) is 3.30. The normalized spacial score (nSPS) is 13.1. The first kappa shape index (κ1) is 14.4. The van der Waals surface area contributed by atoms with Crippen LogP contribution < -0.4 is 5.73 Å². The number of nitrogens with two attached hydrogens (primary N) is 1. The maximum Gasteiger partial charge on any atom is 0.109 e. The minimum absolute atomic E-state index is 0.257. The van der Waals surface area contributed by atoms with E-state index >= 15 is 0 Å². The molecule has 104 valence electrons. The fourth-order valence-electron chi connectivity index (χ4n) is 2.43. The van der Waals surface area contributed by atoms with Crippen LogP contribution in [0.5, 0.6) is 0 Å². The molecule has 4 heteroatoms. The van der Waals surface area contributed by atoms with Crippen LogP contribution in [0, 0.1) is 0 Å². The molecule has 2 rings (SSSR count). The SMILES string of the molecule is CCCn1c(CCCC(C)N)nc2cccc(Cl)c21. The number of para-hydroxylation sites is 1. The lowest BCUT2D eigenvalue weighted by molar-refractivity contribution is 0.587. The van der Waals surface area contributed by atoms with Gasteiger partial charge in [-0.2, -0.15) is 0 Å². The fourth-order valence-corrected chi connectivity index (χ4v) is 2.70. The molecule has 0 bridgehead atoms. The van der Waals surface area contributed by atoms with Gasteiger partial charge in [-0.05, 0) is 38.3 Å². The number of imidazole rings is 1. The Labute approximate surface area is 119 Å². The van der Waals surface area contributed by atoms with Gasteiger partial charge in [-0.1, -0.05) is 24.6 Å². The van der Waals surface area contributed by atoms with Gasteiger partial charge in [0.25, 0.3) is 0 Å².